The number of amidine groups is 1. The summed E-state index contributed by atoms with van der Waals surface area (Å²) in [6.45, 7) is 4.54. The third-order valence-electron chi connectivity index (χ3n) is 5.81. The maximum absolute atomic E-state index is 13.1. The first kappa shape index (κ1) is 23.2. The van der Waals surface area contributed by atoms with Crippen LogP contribution in [0, 0.1) is 5.92 Å². The van der Waals surface area contributed by atoms with Crippen LogP contribution in [0.15, 0.2) is 45.6 Å². The van der Waals surface area contributed by atoms with E-state index in [1.165, 1.54) is 24.6 Å². The molecule has 0 aromatic heterocycles. The first-order chi connectivity index (χ1) is 15.9. The van der Waals surface area contributed by atoms with Gasteiger partial charge >= 0.3 is 5.97 Å². The van der Waals surface area contributed by atoms with Crippen LogP contribution in [0.2, 0.25) is 0 Å². The lowest BCUT2D eigenvalue weighted by atomic mass is 9.93. The molecule has 3 aliphatic rings. The summed E-state index contributed by atoms with van der Waals surface area (Å²) < 4.78 is 16.3. The second kappa shape index (κ2) is 9.91. The number of nitrogens with one attached hydrogen (secondary N) is 1. The summed E-state index contributed by atoms with van der Waals surface area (Å²) in [7, 11) is 3.17. The largest absolute Gasteiger partial charge is 0.497 e. The van der Waals surface area contributed by atoms with Crippen LogP contribution in [-0.4, -0.2) is 49.3 Å². The highest BCUT2D eigenvalue weighted by atomic mass is 32.2. The summed E-state index contributed by atoms with van der Waals surface area (Å²) in [6.07, 6.45) is 2.55. The van der Waals surface area contributed by atoms with Crippen molar-refractivity contribution in [3.05, 3.63) is 46.1 Å². The molecular formula is C24H29N3O5S. The molecule has 4 rings (SSSR count). The van der Waals surface area contributed by atoms with Gasteiger partial charge in [-0.05, 0) is 55.7 Å². The molecule has 1 aromatic carbocycles. The highest BCUT2D eigenvalue weighted by Crippen LogP contribution is 2.46. The van der Waals surface area contributed by atoms with E-state index >= 15 is 0 Å². The van der Waals surface area contributed by atoms with Gasteiger partial charge < -0.3 is 24.4 Å². The second-order valence-corrected chi connectivity index (χ2v) is 9.02. The second-order valence-electron chi connectivity index (χ2n) is 8.18. The number of carbonyl (C=O) groups is 2. The number of benzene rings is 1. The van der Waals surface area contributed by atoms with Crippen LogP contribution in [0.4, 0.5) is 0 Å². The van der Waals surface area contributed by atoms with Gasteiger partial charge in [0.05, 0.1) is 44.6 Å². The van der Waals surface area contributed by atoms with Crippen molar-refractivity contribution in [3.8, 4) is 11.5 Å². The molecule has 1 N–H and O–H groups in total. The molecular weight excluding hydrogens is 442 g/mol. The zero-order valence-electron chi connectivity index (χ0n) is 19.3. The minimum absolute atomic E-state index is 0.0408. The van der Waals surface area contributed by atoms with Gasteiger partial charge in [0.25, 0.3) is 0 Å². The molecule has 0 bridgehead atoms. The average molecular weight is 472 g/mol. The lowest BCUT2D eigenvalue weighted by Gasteiger charge is -2.36. The van der Waals surface area contributed by atoms with E-state index in [0.29, 0.717) is 35.2 Å². The maximum Gasteiger partial charge on any atom is 0.338 e. The van der Waals surface area contributed by atoms with Crippen molar-refractivity contribution in [2.45, 2.75) is 39.2 Å². The Morgan fingerprint density at radius 3 is 2.48 bits per heavy atom. The molecule has 1 amide bonds. The molecule has 0 spiro atoms. The van der Waals surface area contributed by atoms with Crippen LogP contribution in [0.5, 0.6) is 11.5 Å². The fourth-order valence-electron chi connectivity index (χ4n) is 3.95. The number of carbonyl (C=O) groups excluding carboxylic acids is 2. The van der Waals surface area contributed by atoms with E-state index in [1.54, 1.807) is 27.2 Å². The van der Waals surface area contributed by atoms with Crippen molar-refractivity contribution in [3.63, 3.8) is 0 Å². The number of ether oxygens (including phenoxy) is 3. The normalized spacial score (nSPS) is 19.5. The van der Waals surface area contributed by atoms with Crippen molar-refractivity contribution in [2.24, 2.45) is 10.9 Å². The number of nitrogens with zero attached hydrogens (tertiary/aromatic N) is 2. The Morgan fingerprint density at radius 2 is 1.88 bits per heavy atom. The summed E-state index contributed by atoms with van der Waals surface area (Å²) in [5, 5.41) is 5.67. The molecule has 1 atom stereocenters. The Bertz CT molecular complexity index is 1020. The van der Waals surface area contributed by atoms with E-state index < -0.39 is 12.0 Å². The molecule has 2 heterocycles. The van der Waals surface area contributed by atoms with Gasteiger partial charge in [-0.25, -0.2) is 9.79 Å². The van der Waals surface area contributed by atoms with Gasteiger partial charge in [0.15, 0.2) is 5.17 Å². The van der Waals surface area contributed by atoms with Crippen LogP contribution >= 0.6 is 11.8 Å². The first-order valence-electron chi connectivity index (χ1n) is 11.1. The van der Waals surface area contributed by atoms with E-state index in [0.717, 1.165) is 16.4 Å². The Balaban J connectivity index is 1.72. The van der Waals surface area contributed by atoms with Crippen LogP contribution in [0.25, 0.3) is 0 Å². The molecule has 33 heavy (non-hydrogen) atoms. The van der Waals surface area contributed by atoms with Crippen molar-refractivity contribution in [1.29, 1.82) is 0 Å². The SMILES string of the molecule is CCOC(=O)C1=C(C)N=C2SC=C(CC(=O)NCC3CC3)N2C1c1cc(OC)cc(OC)c1. The van der Waals surface area contributed by atoms with E-state index in [9.17, 15) is 9.59 Å². The number of fused-ring (bicyclic) bond motifs is 1. The molecule has 176 valence electrons. The molecule has 1 saturated carbocycles. The highest BCUT2D eigenvalue weighted by Gasteiger charge is 2.41. The number of allylic oxidation sites excluding steroid dienone is 1. The highest BCUT2D eigenvalue weighted by molar-refractivity contribution is 8.16. The number of aliphatic imine (C=N–C) groups is 1. The maximum atomic E-state index is 13.1. The Morgan fingerprint density at radius 1 is 1.18 bits per heavy atom. The fourth-order valence-corrected chi connectivity index (χ4v) is 4.91. The number of esters is 1. The van der Waals surface area contributed by atoms with Gasteiger partial charge in [0.2, 0.25) is 5.91 Å². The minimum Gasteiger partial charge on any atom is -0.497 e. The van der Waals surface area contributed by atoms with Crippen LogP contribution < -0.4 is 14.8 Å². The summed E-state index contributed by atoms with van der Waals surface area (Å²) >= 11 is 1.45. The summed E-state index contributed by atoms with van der Waals surface area (Å²) in [4.78, 5) is 32.3. The van der Waals surface area contributed by atoms with Gasteiger partial charge in [0, 0.05) is 18.3 Å². The lowest BCUT2D eigenvalue weighted by Crippen LogP contribution is -2.38. The standard InChI is InChI=1S/C24H29N3O5S/c1-5-32-23(29)21-14(2)26-24-27(17(13-33-24)10-20(28)25-12-15-6-7-15)22(21)16-8-18(30-3)11-19(9-16)31-4/h8-9,11,13,15,22H,5-7,10,12H2,1-4H3,(H,25,28). The number of hydrogen-bond acceptors (Lipinski definition) is 8. The molecule has 1 unspecified atom stereocenters. The topological polar surface area (TPSA) is 89.5 Å². The number of methoxy groups -OCH3 is 2. The van der Waals surface area contributed by atoms with Gasteiger partial charge in [0.1, 0.15) is 11.5 Å². The molecule has 0 radical (unpaired) electrons. The molecule has 0 saturated heterocycles. The number of hydrogen-bond donors (Lipinski definition) is 1. The summed E-state index contributed by atoms with van der Waals surface area (Å²) in [5.74, 6) is 1.34. The van der Waals surface area contributed by atoms with Gasteiger partial charge in [-0.1, -0.05) is 11.8 Å². The molecule has 1 aliphatic carbocycles. The summed E-state index contributed by atoms with van der Waals surface area (Å²) in [5.41, 5.74) is 2.59. The number of rotatable bonds is 9. The van der Waals surface area contributed by atoms with Crippen molar-refractivity contribution in [1.82, 2.24) is 10.2 Å². The lowest BCUT2D eigenvalue weighted by molar-refractivity contribution is -0.139. The predicted octanol–water partition coefficient (Wildman–Crippen LogP) is 3.76. The van der Waals surface area contributed by atoms with Crippen LogP contribution in [-0.2, 0) is 14.3 Å². The van der Waals surface area contributed by atoms with E-state index in [-0.39, 0.29) is 18.9 Å². The monoisotopic (exact) mass is 471 g/mol. The third kappa shape index (κ3) is 5.03. The zero-order chi connectivity index (χ0) is 23.5. The summed E-state index contributed by atoms with van der Waals surface area (Å²) in [6, 6.07) is 4.99. The van der Waals surface area contributed by atoms with Crippen molar-refractivity contribution in [2.75, 3.05) is 27.4 Å². The van der Waals surface area contributed by atoms with Crippen LogP contribution in [0.3, 0.4) is 0 Å². The Kier molecular flexibility index (Phi) is 6.97. The van der Waals surface area contributed by atoms with Crippen molar-refractivity contribution < 1.29 is 23.8 Å². The minimum atomic E-state index is -0.530. The van der Waals surface area contributed by atoms with Gasteiger partial charge in [-0.3, -0.25) is 4.79 Å². The predicted molar refractivity (Wildman–Crippen MR) is 127 cm³/mol. The Hall–Kier alpha value is -2.94. The molecule has 2 aliphatic heterocycles. The van der Waals surface area contributed by atoms with E-state index in [1.807, 2.05) is 29.4 Å². The molecule has 8 nitrogen and oxygen atoms in total. The average Bonchev–Trinajstić information content (AvgIpc) is 3.57. The van der Waals surface area contributed by atoms with Gasteiger partial charge in [-0.2, -0.15) is 0 Å². The van der Waals surface area contributed by atoms with Gasteiger partial charge in [-0.15, -0.1) is 0 Å². The van der Waals surface area contributed by atoms with Crippen LogP contribution in [0.1, 0.15) is 44.7 Å². The smallest absolute Gasteiger partial charge is 0.338 e. The van der Waals surface area contributed by atoms with E-state index in [4.69, 9.17) is 14.2 Å². The molecule has 1 aromatic rings. The van der Waals surface area contributed by atoms with E-state index in [2.05, 4.69) is 10.3 Å². The number of thioether (sulfide) groups is 1. The Labute approximate surface area is 198 Å². The number of amides is 1. The zero-order valence-corrected chi connectivity index (χ0v) is 20.2. The quantitative estimate of drug-likeness (QED) is 0.549. The third-order valence-corrected chi connectivity index (χ3v) is 6.70. The first-order valence-corrected chi connectivity index (χ1v) is 11.9. The fraction of sp³-hybridized carbons (Fsp3) is 0.458. The molecule has 1 fully saturated rings. The van der Waals surface area contributed by atoms with Crippen molar-refractivity contribution >= 4 is 28.8 Å². The molecule has 9 heteroatoms.